The number of carbonyl (C=O) groups is 3. The maximum absolute atomic E-state index is 12.2. The molecule has 0 aliphatic heterocycles. The topological polar surface area (TPSA) is 92.7 Å². The molecule has 2 N–H and O–H groups in total. The van der Waals surface area contributed by atoms with Gasteiger partial charge in [0, 0.05) is 12.0 Å². The summed E-state index contributed by atoms with van der Waals surface area (Å²) >= 11 is 0. The molecule has 6 heteroatoms. The van der Waals surface area contributed by atoms with E-state index in [2.05, 4.69) is 5.32 Å². The van der Waals surface area contributed by atoms with Gasteiger partial charge in [-0.25, -0.2) is 0 Å². The largest absolute Gasteiger partial charge is 0.494 e. The van der Waals surface area contributed by atoms with E-state index in [4.69, 9.17) is 4.74 Å². The number of rotatable bonds is 8. The lowest BCUT2D eigenvalue weighted by Crippen LogP contribution is -2.55. The monoisotopic (exact) mass is 361 g/mol. The number of Topliss-reactive ketones (excluding diaryl/α,β-unsaturated/α-hetero) is 1. The summed E-state index contributed by atoms with van der Waals surface area (Å²) < 4.78 is 5.58. The maximum Gasteiger partial charge on any atom is 0.308 e. The van der Waals surface area contributed by atoms with E-state index in [1.54, 1.807) is 24.3 Å². The normalized spacial score (nSPS) is 22.5. The van der Waals surface area contributed by atoms with Gasteiger partial charge in [0.1, 0.15) is 5.75 Å². The Kier molecular flexibility index (Phi) is 6.77. The molecule has 1 aromatic rings. The fourth-order valence-corrected chi connectivity index (χ4v) is 3.47. The number of carboxylic acids is 1. The first-order chi connectivity index (χ1) is 12.3. The second kappa shape index (κ2) is 8.83. The number of hydrogen-bond acceptors (Lipinski definition) is 4. The molecule has 2 unspecified atom stereocenters. The molecular weight excluding hydrogens is 334 g/mol. The van der Waals surface area contributed by atoms with Crippen LogP contribution in [0.1, 0.15) is 62.7 Å². The number of ketones is 1. The van der Waals surface area contributed by atoms with Gasteiger partial charge in [0.05, 0.1) is 18.1 Å². The lowest BCUT2D eigenvalue weighted by Gasteiger charge is -2.39. The summed E-state index contributed by atoms with van der Waals surface area (Å²) in [6, 6.07) is 6.88. The van der Waals surface area contributed by atoms with Crippen molar-refractivity contribution in [2.24, 2.45) is 5.92 Å². The van der Waals surface area contributed by atoms with Crippen molar-refractivity contribution in [3.05, 3.63) is 29.8 Å². The highest BCUT2D eigenvalue weighted by atomic mass is 16.5. The van der Waals surface area contributed by atoms with Crippen molar-refractivity contribution in [1.29, 1.82) is 0 Å². The Balaban J connectivity index is 1.76. The van der Waals surface area contributed by atoms with Gasteiger partial charge in [0.2, 0.25) is 5.91 Å². The van der Waals surface area contributed by atoms with E-state index in [-0.39, 0.29) is 18.1 Å². The number of amides is 1. The van der Waals surface area contributed by atoms with Crippen LogP contribution in [0.2, 0.25) is 0 Å². The van der Waals surface area contributed by atoms with Crippen molar-refractivity contribution >= 4 is 17.7 Å². The van der Waals surface area contributed by atoms with E-state index in [9.17, 15) is 19.5 Å². The molecule has 0 aromatic heterocycles. The molecule has 1 fully saturated rings. The van der Waals surface area contributed by atoms with Crippen molar-refractivity contribution in [1.82, 2.24) is 5.32 Å². The maximum atomic E-state index is 12.2. The van der Waals surface area contributed by atoms with Crippen LogP contribution in [0.3, 0.4) is 0 Å². The number of nitrogens with one attached hydrogen (secondary N) is 1. The molecule has 0 heterocycles. The van der Waals surface area contributed by atoms with Crippen LogP contribution in [-0.4, -0.2) is 34.9 Å². The van der Waals surface area contributed by atoms with Crippen molar-refractivity contribution in [2.75, 3.05) is 6.61 Å². The van der Waals surface area contributed by atoms with E-state index in [0.29, 0.717) is 37.2 Å². The lowest BCUT2D eigenvalue weighted by atomic mass is 9.74. The summed E-state index contributed by atoms with van der Waals surface area (Å²) in [6.07, 6.45) is 3.93. The number of benzene rings is 1. The van der Waals surface area contributed by atoms with Crippen LogP contribution >= 0.6 is 0 Å². The second-order valence-electron chi connectivity index (χ2n) is 7.13. The number of aliphatic carboxylic acids is 1. The van der Waals surface area contributed by atoms with Gasteiger partial charge >= 0.3 is 5.97 Å². The van der Waals surface area contributed by atoms with Gasteiger partial charge in [-0.2, -0.15) is 0 Å². The van der Waals surface area contributed by atoms with Gasteiger partial charge in [-0.05, 0) is 57.4 Å². The molecule has 2 rings (SSSR count). The van der Waals surface area contributed by atoms with Gasteiger partial charge in [-0.3, -0.25) is 14.4 Å². The molecule has 142 valence electrons. The third-order valence-electron chi connectivity index (χ3n) is 5.01. The fourth-order valence-electron chi connectivity index (χ4n) is 3.47. The van der Waals surface area contributed by atoms with E-state index >= 15 is 0 Å². The minimum Gasteiger partial charge on any atom is -0.494 e. The SMILES string of the molecule is CC(=O)c1ccc(OCCCC(=O)NC2(C)CCCCC2C(=O)O)cc1. The van der Waals surface area contributed by atoms with E-state index < -0.39 is 17.4 Å². The van der Waals surface area contributed by atoms with Gasteiger partial charge < -0.3 is 15.2 Å². The van der Waals surface area contributed by atoms with Crippen LogP contribution in [0, 0.1) is 5.92 Å². The molecule has 6 nitrogen and oxygen atoms in total. The highest BCUT2D eigenvalue weighted by Crippen LogP contribution is 2.33. The summed E-state index contributed by atoms with van der Waals surface area (Å²) in [6.45, 7) is 3.72. The van der Waals surface area contributed by atoms with Gasteiger partial charge in [-0.1, -0.05) is 12.8 Å². The fraction of sp³-hybridized carbons (Fsp3) is 0.550. The predicted octanol–water partition coefficient (Wildman–Crippen LogP) is 3.20. The first-order valence-corrected chi connectivity index (χ1v) is 9.09. The average Bonchev–Trinajstić information content (AvgIpc) is 2.59. The Bertz CT molecular complexity index is 655. The Labute approximate surface area is 153 Å². The summed E-state index contributed by atoms with van der Waals surface area (Å²) in [5.74, 6) is -0.859. The first kappa shape index (κ1) is 19.9. The molecule has 1 aromatic carbocycles. The molecule has 0 bridgehead atoms. The number of carboxylic acid groups (broad SMARTS) is 1. The smallest absolute Gasteiger partial charge is 0.308 e. The van der Waals surface area contributed by atoms with Crippen molar-refractivity contribution < 1.29 is 24.2 Å². The van der Waals surface area contributed by atoms with E-state index in [1.807, 2.05) is 6.92 Å². The molecule has 26 heavy (non-hydrogen) atoms. The Morgan fingerprint density at radius 1 is 1.23 bits per heavy atom. The zero-order valence-electron chi connectivity index (χ0n) is 15.4. The molecular formula is C20H27NO5. The highest BCUT2D eigenvalue weighted by molar-refractivity contribution is 5.94. The van der Waals surface area contributed by atoms with Crippen molar-refractivity contribution in [3.8, 4) is 5.75 Å². The molecule has 1 aliphatic rings. The molecule has 1 amide bonds. The van der Waals surface area contributed by atoms with Crippen LogP contribution in [0.4, 0.5) is 0 Å². The summed E-state index contributed by atoms with van der Waals surface area (Å²) in [4.78, 5) is 34.9. The number of carbonyl (C=O) groups excluding carboxylic acids is 2. The highest BCUT2D eigenvalue weighted by Gasteiger charge is 2.41. The molecule has 1 saturated carbocycles. The molecule has 2 atom stereocenters. The predicted molar refractivity (Wildman–Crippen MR) is 97.3 cm³/mol. The molecule has 0 radical (unpaired) electrons. The van der Waals surface area contributed by atoms with Gasteiger partial charge in [0.25, 0.3) is 0 Å². The lowest BCUT2D eigenvalue weighted by molar-refractivity contribution is -0.146. The summed E-state index contributed by atoms with van der Waals surface area (Å²) in [5, 5.41) is 12.3. The van der Waals surface area contributed by atoms with Crippen molar-refractivity contribution in [2.45, 2.75) is 57.9 Å². The molecule has 1 aliphatic carbocycles. The zero-order valence-corrected chi connectivity index (χ0v) is 15.4. The summed E-state index contributed by atoms with van der Waals surface area (Å²) in [5.41, 5.74) is -0.0460. The minimum atomic E-state index is -0.843. The van der Waals surface area contributed by atoms with Gasteiger partial charge in [0.15, 0.2) is 5.78 Å². The summed E-state index contributed by atoms with van der Waals surface area (Å²) in [7, 11) is 0. The standard InChI is InChI=1S/C20H27NO5/c1-14(22)15-8-10-16(11-9-15)26-13-5-7-18(23)21-20(2)12-4-3-6-17(20)19(24)25/h8-11,17H,3-7,12-13H2,1-2H3,(H,21,23)(H,24,25). The zero-order chi connectivity index (χ0) is 19.2. The first-order valence-electron chi connectivity index (χ1n) is 9.09. The number of hydrogen-bond donors (Lipinski definition) is 2. The third kappa shape index (κ3) is 5.31. The van der Waals surface area contributed by atoms with Crippen LogP contribution in [-0.2, 0) is 9.59 Å². The van der Waals surface area contributed by atoms with E-state index in [1.165, 1.54) is 6.92 Å². The van der Waals surface area contributed by atoms with Crippen LogP contribution in [0.25, 0.3) is 0 Å². The molecule has 0 spiro atoms. The van der Waals surface area contributed by atoms with Gasteiger partial charge in [-0.15, -0.1) is 0 Å². The Hall–Kier alpha value is -2.37. The third-order valence-corrected chi connectivity index (χ3v) is 5.01. The van der Waals surface area contributed by atoms with E-state index in [0.717, 1.165) is 12.8 Å². The van der Waals surface area contributed by atoms with Crippen LogP contribution in [0.15, 0.2) is 24.3 Å². The van der Waals surface area contributed by atoms with Crippen LogP contribution < -0.4 is 10.1 Å². The van der Waals surface area contributed by atoms with Crippen molar-refractivity contribution in [3.63, 3.8) is 0 Å². The second-order valence-corrected chi connectivity index (χ2v) is 7.13. The minimum absolute atomic E-state index is 0.00379. The quantitative estimate of drug-likeness (QED) is 0.548. The Morgan fingerprint density at radius 2 is 1.92 bits per heavy atom. The average molecular weight is 361 g/mol. The van der Waals surface area contributed by atoms with Crippen LogP contribution in [0.5, 0.6) is 5.75 Å². The molecule has 0 saturated heterocycles. The Morgan fingerprint density at radius 3 is 2.54 bits per heavy atom. The number of ether oxygens (including phenoxy) is 1.